The number of hydrogen-bond acceptors (Lipinski definition) is 4. The molecule has 1 unspecified atom stereocenters. The lowest BCUT2D eigenvalue weighted by Gasteiger charge is -2.17. The summed E-state index contributed by atoms with van der Waals surface area (Å²) in [7, 11) is 0. The number of phenolic OH excluding ortho intramolecular Hbond substituents is 2. The van der Waals surface area contributed by atoms with Crippen LogP contribution in [-0.4, -0.2) is 28.0 Å². The number of aliphatic hydroxyl groups is 1. The molecule has 0 fully saturated rings. The molecule has 106 valence electrons. The molecule has 0 aromatic heterocycles. The Kier molecular flexibility index (Phi) is 4.98. The molecule has 0 aliphatic carbocycles. The Hall–Kier alpha value is -2.04. The van der Waals surface area contributed by atoms with Gasteiger partial charge in [0, 0.05) is 24.2 Å². The largest absolute Gasteiger partial charge is 0.508 e. The van der Waals surface area contributed by atoms with Crippen LogP contribution in [-0.2, 0) is 13.0 Å². The van der Waals surface area contributed by atoms with Crippen LogP contribution in [0.25, 0.3) is 0 Å². The first-order valence-electron chi connectivity index (χ1n) is 6.58. The number of nitrogens with one attached hydrogen (secondary N) is 1. The maximum atomic E-state index is 9.70. The van der Waals surface area contributed by atoms with E-state index in [-0.39, 0.29) is 24.1 Å². The lowest BCUT2D eigenvalue weighted by molar-refractivity contribution is 0.240. The number of aliphatic hydroxyl groups excluding tert-OH is 1. The van der Waals surface area contributed by atoms with Crippen LogP contribution in [0.4, 0.5) is 0 Å². The highest BCUT2D eigenvalue weighted by molar-refractivity contribution is 5.38. The van der Waals surface area contributed by atoms with Crippen molar-refractivity contribution in [3.05, 3.63) is 59.7 Å². The summed E-state index contributed by atoms with van der Waals surface area (Å²) in [6, 6.07) is 14.3. The fraction of sp³-hybridized carbons (Fsp3) is 0.250. The third-order valence-electron chi connectivity index (χ3n) is 3.20. The van der Waals surface area contributed by atoms with Crippen LogP contribution in [0.15, 0.2) is 48.5 Å². The maximum Gasteiger partial charge on any atom is 0.123 e. The van der Waals surface area contributed by atoms with Gasteiger partial charge in [-0.3, -0.25) is 0 Å². The summed E-state index contributed by atoms with van der Waals surface area (Å²) in [5, 5.41) is 31.6. The van der Waals surface area contributed by atoms with E-state index in [9.17, 15) is 15.3 Å². The van der Waals surface area contributed by atoms with Crippen molar-refractivity contribution < 1.29 is 15.3 Å². The minimum absolute atomic E-state index is 0.0216. The van der Waals surface area contributed by atoms with Gasteiger partial charge in [0.2, 0.25) is 0 Å². The molecular formula is C16H19NO3. The monoisotopic (exact) mass is 273 g/mol. The second kappa shape index (κ2) is 6.93. The van der Waals surface area contributed by atoms with Gasteiger partial charge in [0.05, 0.1) is 6.61 Å². The second-order valence-electron chi connectivity index (χ2n) is 4.76. The highest BCUT2D eigenvalue weighted by Crippen LogP contribution is 2.22. The normalized spacial score (nSPS) is 12.2. The molecular weight excluding hydrogens is 254 g/mol. The molecule has 1 atom stereocenters. The molecule has 0 radical (unpaired) electrons. The van der Waals surface area contributed by atoms with E-state index in [2.05, 4.69) is 5.32 Å². The molecule has 0 bridgehead atoms. The highest BCUT2D eigenvalue weighted by Gasteiger charge is 2.09. The molecule has 4 N–H and O–H groups in total. The van der Waals surface area contributed by atoms with Gasteiger partial charge in [0.15, 0.2) is 0 Å². The average molecular weight is 273 g/mol. The molecule has 0 heterocycles. The average Bonchev–Trinajstić information content (AvgIpc) is 2.46. The number of hydrogen-bond donors (Lipinski definition) is 4. The van der Waals surface area contributed by atoms with Crippen molar-refractivity contribution in [1.29, 1.82) is 0 Å². The predicted molar refractivity (Wildman–Crippen MR) is 77.6 cm³/mol. The second-order valence-corrected chi connectivity index (χ2v) is 4.76. The molecule has 0 aliphatic rings. The topological polar surface area (TPSA) is 72.7 Å². The molecule has 20 heavy (non-hydrogen) atoms. The minimum Gasteiger partial charge on any atom is -0.508 e. The Morgan fingerprint density at radius 1 is 1.00 bits per heavy atom. The van der Waals surface area contributed by atoms with Gasteiger partial charge in [-0.05, 0) is 18.1 Å². The Balaban J connectivity index is 1.93. The first-order valence-corrected chi connectivity index (χ1v) is 6.58. The van der Waals surface area contributed by atoms with Crippen LogP contribution >= 0.6 is 0 Å². The fourth-order valence-electron chi connectivity index (χ4n) is 2.06. The van der Waals surface area contributed by atoms with E-state index < -0.39 is 0 Å². The summed E-state index contributed by atoms with van der Waals surface area (Å²) in [6.45, 7) is 0.456. The Bertz CT molecular complexity index is 543. The van der Waals surface area contributed by atoms with Gasteiger partial charge in [0.1, 0.15) is 11.5 Å². The van der Waals surface area contributed by atoms with E-state index in [1.807, 2.05) is 30.3 Å². The van der Waals surface area contributed by atoms with Crippen molar-refractivity contribution >= 4 is 0 Å². The lowest BCUT2D eigenvalue weighted by atomic mass is 10.1. The lowest BCUT2D eigenvalue weighted by Crippen LogP contribution is -2.34. The molecule has 4 heteroatoms. The van der Waals surface area contributed by atoms with Crippen molar-refractivity contribution in [1.82, 2.24) is 5.32 Å². The van der Waals surface area contributed by atoms with Gasteiger partial charge in [-0.25, -0.2) is 0 Å². The number of benzene rings is 2. The van der Waals surface area contributed by atoms with Crippen molar-refractivity contribution in [2.45, 2.75) is 19.0 Å². The summed E-state index contributed by atoms with van der Waals surface area (Å²) < 4.78 is 0. The summed E-state index contributed by atoms with van der Waals surface area (Å²) in [6.07, 6.45) is 0.718. The molecule has 0 saturated heterocycles. The van der Waals surface area contributed by atoms with Crippen molar-refractivity contribution in [3.63, 3.8) is 0 Å². The third-order valence-corrected chi connectivity index (χ3v) is 3.20. The Labute approximate surface area is 118 Å². The van der Waals surface area contributed by atoms with Crippen LogP contribution in [0.1, 0.15) is 11.1 Å². The molecule has 0 saturated carbocycles. The quantitative estimate of drug-likeness (QED) is 0.647. The fourth-order valence-corrected chi connectivity index (χ4v) is 2.06. The standard InChI is InChI=1S/C16H19NO3/c18-11-14(8-12-4-2-1-3-5-12)17-10-13-6-7-15(19)9-16(13)20/h1-7,9,14,17-20H,8,10-11H2. The summed E-state index contributed by atoms with van der Waals surface area (Å²) >= 11 is 0. The molecule has 0 spiro atoms. The van der Waals surface area contributed by atoms with Gasteiger partial charge in [-0.15, -0.1) is 0 Å². The van der Waals surface area contributed by atoms with Crippen LogP contribution in [0, 0.1) is 0 Å². The van der Waals surface area contributed by atoms with Crippen LogP contribution < -0.4 is 5.32 Å². The van der Waals surface area contributed by atoms with E-state index in [1.165, 1.54) is 12.1 Å². The summed E-state index contributed by atoms with van der Waals surface area (Å²) in [5.74, 6) is 0.0862. The number of phenols is 2. The Morgan fingerprint density at radius 2 is 1.75 bits per heavy atom. The number of rotatable bonds is 6. The van der Waals surface area contributed by atoms with Gasteiger partial charge < -0.3 is 20.6 Å². The molecule has 2 aromatic rings. The Morgan fingerprint density at radius 3 is 2.40 bits per heavy atom. The molecule has 0 amide bonds. The zero-order valence-electron chi connectivity index (χ0n) is 11.2. The van der Waals surface area contributed by atoms with Crippen LogP contribution in [0.2, 0.25) is 0 Å². The molecule has 0 aliphatic heterocycles. The summed E-state index contributed by atoms with van der Waals surface area (Å²) in [5.41, 5.74) is 1.84. The highest BCUT2D eigenvalue weighted by atomic mass is 16.3. The molecule has 2 aromatic carbocycles. The SMILES string of the molecule is OCC(Cc1ccccc1)NCc1ccc(O)cc1O. The van der Waals surface area contributed by atoms with Gasteiger partial charge in [-0.2, -0.15) is 0 Å². The third kappa shape index (κ3) is 3.98. The zero-order valence-corrected chi connectivity index (χ0v) is 11.2. The van der Waals surface area contributed by atoms with Crippen molar-refractivity contribution in [2.75, 3.05) is 6.61 Å². The van der Waals surface area contributed by atoms with Gasteiger partial charge >= 0.3 is 0 Å². The molecule has 2 rings (SSSR count). The first kappa shape index (κ1) is 14.4. The maximum absolute atomic E-state index is 9.70. The summed E-state index contributed by atoms with van der Waals surface area (Å²) in [4.78, 5) is 0. The van der Waals surface area contributed by atoms with Gasteiger partial charge in [-0.1, -0.05) is 36.4 Å². The minimum atomic E-state index is -0.0781. The number of aromatic hydroxyl groups is 2. The zero-order chi connectivity index (χ0) is 14.4. The van der Waals surface area contributed by atoms with Crippen molar-refractivity contribution in [3.8, 4) is 11.5 Å². The first-order chi connectivity index (χ1) is 9.69. The van der Waals surface area contributed by atoms with E-state index >= 15 is 0 Å². The predicted octanol–water partition coefficient (Wildman–Crippen LogP) is 1.79. The van der Waals surface area contributed by atoms with Crippen molar-refractivity contribution in [2.24, 2.45) is 0 Å². The van der Waals surface area contributed by atoms with Crippen LogP contribution in [0.5, 0.6) is 11.5 Å². The van der Waals surface area contributed by atoms with E-state index in [1.54, 1.807) is 6.07 Å². The smallest absolute Gasteiger partial charge is 0.123 e. The van der Waals surface area contributed by atoms with E-state index in [4.69, 9.17) is 0 Å². The molecule has 4 nitrogen and oxygen atoms in total. The van der Waals surface area contributed by atoms with E-state index in [0.29, 0.717) is 12.1 Å². The van der Waals surface area contributed by atoms with Crippen LogP contribution in [0.3, 0.4) is 0 Å². The van der Waals surface area contributed by atoms with Gasteiger partial charge in [0.25, 0.3) is 0 Å². The van der Waals surface area contributed by atoms with E-state index in [0.717, 1.165) is 12.0 Å².